The van der Waals surface area contributed by atoms with Gasteiger partial charge in [0, 0.05) is 17.0 Å². The van der Waals surface area contributed by atoms with E-state index in [2.05, 4.69) is 92.3 Å². The van der Waals surface area contributed by atoms with Gasteiger partial charge in [-0.2, -0.15) is 0 Å². The number of aryl methyl sites for hydroxylation is 3. The largest absolute Gasteiger partial charge is 0.455 e. The molecule has 0 unspecified atom stereocenters. The molecule has 0 atom stereocenters. The predicted octanol–water partition coefficient (Wildman–Crippen LogP) is 6.36. The molecule has 1 aliphatic rings. The van der Waals surface area contributed by atoms with Crippen LogP contribution in [0.5, 0.6) is 11.5 Å². The van der Waals surface area contributed by atoms with Gasteiger partial charge in [0.15, 0.2) is 6.20 Å². The molecule has 2 heterocycles. The first kappa shape index (κ1) is 15.6. The number of hydrogen-bond acceptors (Lipinski definition) is 1. The van der Waals surface area contributed by atoms with Crippen LogP contribution in [-0.2, 0) is 7.05 Å². The Morgan fingerprint density at radius 3 is 2.21 bits per heavy atom. The van der Waals surface area contributed by atoms with Crippen molar-refractivity contribution in [1.82, 2.24) is 0 Å². The van der Waals surface area contributed by atoms with E-state index in [0.717, 1.165) is 11.5 Å². The van der Waals surface area contributed by atoms with Gasteiger partial charge in [0.05, 0.1) is 10.9 Å². The average Bonchev–Trinajstić information content (AvgIpc) is 2.73. The quantitative estimate of drug-likeness (QED) is 0.226. The summed E-state index contributed by atoms with van der Waals surface area (Å²) in [7, 11) is 2.13. The van der Waals surface area contributed by atoms with Crippen molar-refractivity contribution >= 4 is 32.3 Å². The zero-order valence-electron chi connectivity index (χ0n) is 16.2. The predicted molar refractivity (Wildman–Crippen MR) is 115 cm³/mol. The van der Waals surface area contributed by atoms with E-state index in [9.17, 15) is 0 Å². The van der Waals surface area contributed by atoms with Crippen LogP contribution < -0.4 is 9.30 Å². The van der Waals surface area contributed by atoms with Crippen LogP contribution in [-0.4, -0.2) is 0 Å². The second-order valence-electron chi connectivity index (χ2n) is 7.76. The number of aromatic nitrogens is 1. The Kier molecular flexibility index (Phi) is 2.98. The highest BCUT2D eigenvalue weighted by molar-refractivity contribution is 6.16. The minimum absolute atomic E-state index is 0.949. The van der Waals surface area contributed by atoms with Gasteiger partial charge >= 0.3 is 0 Å². The number of benzene rings is 4. The van der Waals surface area contributed by atoms with E-state index >= 15 is 0 Å². The fourth-order valence-corrected chi connectivity index (χ4v) is 4.86. The van der Waals surface area contributed by atoms with Gasteiger partial charge in [0.25, 0.3) is 0 Å². The number of pyridine rings is 1. The van der Waals surface area contributed by atoms with Crippen molar-refractivity contribution in [2.24, 2.45) is 7.05 Å². The molecule has 1 aromatic heterocycles. The van der Waals surface area contributed by atoms with Crippen molar-refractivity contribution in [3.8, 4) is 22.8 Å². The van der Waals surface area contributed by atoms with Crippen LogP contribution in [0.15, 0.2) is 66.9 Å². The maximum atomic E-state index is 6.62. The third-order valence-corrected chi connectivity index (χ3v) is 6.23. The molecule has 28 heavy (non-hydrogen) atoms. The fourth-order valence-electron chi connectivity index (χ4n) is 4.86. The lowest BCUT2D eigenvalue weighted by atomic mass is 9.88. The highest BCUT2D eigenvalue weighted by atomic mass is 16.5. The van der Waals surface area contributed by atoms with Crippen LogP contribution in [0, 0.1) is 13.8 Å². The molecule has 0 radical (unpaired) electrons. The van der Waals surface area contributed by atoms with Gasteiger partial charge in [-0.15, -0.1) is 0 Å². The van der Waals surface area contributed by atoms with Gasteiger partial charge in [-0.25, -0.2) is 4.57 Å². The summed E-state index contributed by atoms with van der Waals surface area (Å²) in [6.45, 7) is 4.39. The molecule has 0 aliphatic carbocycles. The molecular formula is C26H20NO+. The zero-order valence-corrected chi connectivity index (χ0v) is 16.2. The first-order chi connectivity index (χ1) is 13.6. The highest BCUT2D eigenvalue weighted by Gasteiger charge is 2.32. The van der Waals surface area contributed by atoms with Gasteiger partial charge in [0.1, 0.15) is 18.5 Å². The molecule has 4 aromatic carbocycles. The van der Waals surface area contributed by atoms with Crippen LogP contribution in [0.1, 0.15) is 11.1 Å². The van der Waals surface area contributed by atoms with Gasteiger partial charge in [0.2, 0.25) is 5.69 Å². The molecule has 6 rings (SSSR count). The van der Waals surface area contributed by atoms with Crippen LogP contribution in [0.2, 0.25) is 0 Å². The minimum atomic E-state index is 0.949. The summed E-state index contributed by atoms with van der Waals surface area (Å²) >= 11 is 0. The van der Waals surface area contributed by atoms with Crippen LogP contribution in [0.4, 0.5) is 0 Å². The Balaban J connectivity index is 1.88. The average molecular weight is 362 g/mol. The van der Waals surface area contributed by atoms with Crippen molar-refractivity contribution in [2.45, 2.75) is 13.8 Å². The molecule has 2 nitrogen and oxygen atoms in total. The van der Waals surface area contributed by atoms with Gasteiger partial charge in [-0.3, -0.25) is 0 Å². The normalized spacial score (nSPS) is 12.4. The van der Waals surface area contributed by atoms with Gasteiger partial charge < -0.3 is 4.74 Å². The maximum absolute atomic E-state index is 6.62. The molecule has 1 aliphatic heterocycles. The standard InChI is InChI=1S/C26H20NO/c1-15-18-9-6-7-10-19(18)16(2)26-23(15)25-24-21(12-13-27(25)3)20-11-5-4-8-17(20)14-22(24)28-26/h4-14H,1-3H3/q+1. The van der Waals surface area contributed by atoms with Crippen molar-refractivity contribution in [3.05, 3.63) is 78.0 Å². The molecular weight excluding hydrogens is 342 g/mol. The van der Waals surface area contributed by atoms with Crippen LogP contribution in [0.3, 0.4) is 0 Å². The Morgan fingerprint density at radius 1 is 0.750 bits per heavy atom. The van der Waals surface area contributed by atoms with E-state index in [0.29, 0.717) is 0 Å². The van der Waals surface area contributed by atoms with Crippen molar-refractivity contribution in [1.29, 1.82) is 0 Å². The molecule has 0 bridgehead atoms. The summed E-state index contributed by atoms with van der Waals surface area (Å²) < 4.78 is 8.86. The Hall–Kier alpha value is -3.39. The van der Waals surface area contributed by atoms with Crippen molar-refractivity contribution in [3.63, 3.8) is 0 Å². The molecule has 0 N–H and O–H groups in total. The first-order valence-electron chi connectivity index (χ1n) is 9.69. The second kappa shape index (κ2) is 5.32. The lowest BCUT2D eigenvalue weighted by molar-refractivity contribution is -0.659. The number of rotatable bonds is 0. The molecule has 0 amide bonds. The Morgan fingerprint density at radius 2 is 1.43 bits per heavy atom. The summed E-state index contributed by atoms with van der Waals surface area (Å²) in [5, 5.41) is 7.49. The van der Waals surface area contributed by atoms with E-state index in [-0.39, 0.29) is 0 Å². The summed E-state index contributed by atoms with van der Waals surface area (Å²) in [5.74, 6) is 1.94. The molecule has 134 valence electrons. The third kappa shape index (κ3) is 1.85. The highest BCUT2D eigenvalue weighted by Crippen LogP contribution is 2.51. The smallest absolute Gasteiger partial charge is 0.228 e. The lowest BCUT2D eigenvalue weighted by Crippen LogP contribution is -2.32. The summed E-state index contributed by atoms with van der Waals surface area (Å²) in [6, 6.07) is 21.6. The van der Waals surface area contributed by atoms with E-state index < -0.39 is 0 Å². The van der Waals surface area contributed by atoms with E-state index in [1.807, 2.05) is 0 Å². The zero-order chi connectivity index (χ0) is 19.0. The van der Waals surface area contributed by atoms with Gasteiger partial charge in [-0.05, 0) is 47.0 Å². The number of hydrogen-bond donors (Lipinski definition) is 0. The maximum Gasteiger partial charge on any atom is 0.228 e. The number of ether oxygens (including phenoxy) is 1. The number of nitrogens with zero attached hydrogens (tertiary/aromatic N) is 1. The summed E-state index contributed by atoms with van der Waals surface area (Å²) in [6.07, 6.45) is 2.17. The van der Waals surface area contributed by atoms with E-state index in [4.69, 9.17) is 4.74 Å². The first-order valence-corrected chi connectivity index (χ1v) is 9.69. The van der Waals surface area contributed by atoms with Crippen LogP contribution in [0.25, 0.3) is 43.6 Å². The molecule has 0 saturated heterocycles. The minimum Gasteiger partial charge on any atom is -0.455 e. The van der Waals surface area contributed by atoms with Gasteiger partial charge in [-0.1, -0.05) is 48.5 Å². The Bertz CT molecular complexity index is 1460. The Labute approximate surface area is 163 Å². The van der Waals surface area contributed by atoms with Crippen LogP contribution >= 0.6 is 0 Å². The molecule has 5 aromatic rings. The molecule has 0 fully saturated rings. The second-order valence-corrected chi connectivity index (χ2v) is 7.76. The van der Waals surface area contributed by atoms with E-state index in [1.54, 1.807) is 0 Å². The monoisotopic (exact) mass is 362 g/mol. The lowest BCUT2D eigenvalue weighted by Gasteiger charge is -2.24. The molecule has 2 heteroatoms. The molecule has 0 saturated carbocycles. The summed E-state index contributed by atoms with van der Waals surface area (Å²) in [4.78, 5) is 0. The SMILES string of the molecule is Cc1c2c(c(C)c3ccccc13)-c1c3c(cc4ccccc4c3cc[n+]1C)O2. The van der Waals surface area contributed by atoms with E-state index in [1.165, 1.54) is 54.7 Å². The van der Waals surface area contributed by atoms with Crippen molar-refractivity contribution in [2.75, 3.05) is 0 Å². The van der Waals surface area contributed by atoms with Crippen molar-refractivity contribution < 1.29 is 9.30 Å². The summed E-state index contributed by atoms with van der Waals surface area (Å²) in [5.41, 5.74) is 4.93. The topological polar surface area (TPSA) is 13.1 Å². The fraction of sp³-hybridized carbons (Fsp3) is 0.115. The third-order valence-electron chi connectivity index (χ3n) is 6.23. The molecule has 0 spiro atoms. The number of fused-ring (bicyclic) bond motifs is 5.